The number of ether oxygens (including phenoxy) is 1. The monoisotopic (exact) mass is 629 g/mol. The van der Waals surface area contributed by atoms with Crippen LogP contribution in [-0.2, 0) is 33.3 Å². The molecule has 0 bridgehead atoms. The molecule has 10 heteroatoms. The molecule has 0 saturated heterocycles. The van der Waals surface area contributed by atoms with Gasteiger partial charge in [-0.25, -0.2) is 22.9 Å². The second-order valence-electron chi connectivity index (χ2n) is 10.4. The predicted molar refractivity (Wildman–Crippen MR) is 170 cm³/mol. The predicted octanol–water partition coefficient (Wildman–Crippen LogP) is 6.49. The topological polar surface area (TPSA) is 111 Å². The lowest BCUT2D eigenvalue weighted by atomic mass is 9.77. The molecule has 0 radical (unpaired) electrons. The minimum Gasteiger partial charge on any atom is -0.450 e. The number of halogens is 1. The van der Waals surface area contributed by atoms with E-state index in [9.17, 15) is 18.3 Å². The van der Waals surface area contributed by atoms with E-state index in [-0.39, 0.29) is 13.0 Å². The summed E-state index contributed by atoms with van der Waals surface area (Å²) in [5.41, 5.74) is 3.74. The number of imidazole rings is 1. The van der Waals surface area contributed by atoms with E-state index in [1.54, 1.807) is 30.6 Å². The molecular formula is C34H32ClN3O5S. The van der Waals surface area contributed by atoms with Gasteiger partial charge in [-0.3, -0.25) is 0 Å². The van der Waals surface area contributed by atoms with Gasteiger partial charge in [0.15, 0.2) is 0 Å². The Balaban J connectivity index is 1.40. The number of carboxylic acid groups (broad SMARTS) is 1. The van der Waals surface area contributed by atoms with E-state index in [0.29, 0.717) is 17.1 Å². The third-order valence-corrected chi connectivity index (χ3v) is 9.05. The van der Waals surface area contributed by atoms with Crippen LogP contribution in [0.5, 0.6) is 0 Å². The average Bonchev–Trinajstić information content (AvgIpc) is 3.50. The molecule has 2 N–H and O–H groups in total. The van der Waals surface area contributed by atoms with Crippen molar-refractivity contribution >= 4 is 27.8 Å². The lowest BCUT2D eigenvalue weighted by Crippen LogP contribution is -2.37. The molecule has 4 aromatic carbocycles. The highest BCUT2D eigenvalue weighted by Gasteiger charge is 2.38. The molecule has 5 aromatic rings. The number of nitrogens with one attached hydrogen (secondary N) is 1. The van der Waals surface area contributed by atoms with Crippen molar-refractivity contribution in [2.24, 2.45) is 0 Å². The normalized spacial score (nSPS) is 12.5. The molecule has 226 valence electrons. The number of aromatic nitrogens is 2. The van der Waals surface area contributed by atoms with Crippen LogP contribution in [0.25, 0.3) is 0 Å². The number of benzene rings is 4. The van der Waals surface area contributed by atoms with Crippen LogP contribution in [0.1, 0.15) is 34.4 Å². The number of aryl methyl sites for hydroxylation is 1. The maximum atomic E-state index is 12.9. The Morgan fingerprint density at radius 1 is 0.864 bits per heavy atom. The van der Waals surface area contributed by atoms with E-state index < -0.39 is 33.6 Å². The van der Waals surface area contributed by atoms with Gasteiger partial charge in [0.1, 0.15) is 17.4 Å². The van der Waals surface area contributed by atoms with E-state index in [1.807, 2.05) is 60.8 Å². The van der Waals surface area contributed by atoms with Gasteiger partial charge >= 0.3 is 6.16 Å². The number of carbonyl (C=O) groups is 1. The molecule has 0 spiro atoms. The molecule has 8 nitrogen and oxygen atoms in total. The number of nitrogens with zero attached hydrogens (tertiary/aromatic N) is 2. The maximum absolute atomic E-state index is 12.9. The van der Waals surface area contributed by atoms with Crippen molar-refractivity contribution in [2.75, 3.05) is 5.75 Å². The minimum absolute atomic E-state index is 0.0459. The first-order valence-corrected chi connectivity index (χ1v) is 16.1. The molecule has 1 heterocycles. The molecule has 0 fully saturated rings. The van der Waals surface area contributed by atoms with Gasteiger partial charge in [0.2, 0.25) is 10.0 Å². The molecule has 1 unspecified atom stereocenters. The van der Waals surface area contributed by atoms with Crippen LogP contribution in [0, 0.1) is 0 Å². The number of hydrogen-bond acceptors (Lipinski definition) is 5. The van der Waals surface area contributed by atoms with Gasteiger partial charge in [-0.15, -0.1) is 0 Å². The average molecular weight is 630 g/mol. The van der Waals surface area contributed by atoms with Crippen LogP contribution in [0.4, 0.5) is 4.79 Å². The smallest absolute Gasteiger partial charge is 0.450 e. The summed E-state index contributed by atoms with van der Waals surface area (Å²) in [7, 11) is -3.86. The Morgan fingerprint density at radius 3 is 1.89 bits per heavy atom. The largest absolute Gasteiger partial charge is 0.506 e. The lowest BCUT2D eigenvalue weighted by molar-refractivity contribution is 0.0570. The van der Waals surface area contributed by atoms with Crippen LogP contribution in [0.3, 0.4) is 0 Å². The van der Waals surface area contributed by atoms with Gasteiger partial charge in [0.05, 0.1) is 12.0 Å². The number of hydrogen-bond donors (Lipinski definition) is 2. The molecule has 1 atom stereocenters. The molecule has 5 rings (SSSR count). The lowest BCUT2D eigenvalue weighted by Gasteiger charge is -2.37. The number of rotatable bonds is 13. The Kier molecular flexibility index (Phi) is 9.79. The molecule has 44 heavy (non-hydrogen) atoms. The molecule has 0 aliphatic rings. The Labute approximate surface area is 262 Å². The van der Waals surface area contributed by atoms with Crippen LogP contribution >= 0.6 is 11.6 Å². The van der Waals surface area contributed by atoms with Crippen molar-refractivity contribution in [1.82, 2.24) is 14.3 Å². The highest BCUT2D eigenvalue weighted by Crippen LogP contribution is 2.40. The van der Waals surface area contributed by atoms with Gasteiger partial charge in [-0.05, 0) is 47.2 Å². The van der Waals surface area contributed by atoms with Crippen molar-refractivity contribution in [1.29, 1.82) is 0 Å². The van der Waals surface area contributed by atoms with Crippen molar-refractivity contribution in [2.45, 2.75) is 31.0 Å². The zero-order valence-corrected chi connectivity index (χ0v) is 25.4. The molecular weight excluding hydrogens is 598 g/mol. The number of sulfonamides is 1. The fraction of sp³-hybridized carbons (Fsp3) is 0.176. The summed E-state index contributed by atoms with van der Waals surface area (Å²) in [4.78, 5) is 16.1. The van der Waals surface area contributed by atoms with Crippen LogP contribution < -0.4 is 4.72 Å². The molecule has 0 aliphatic heterocycles. The second kappa shape index (κ2) is 13.9. The fourth-order valence-corrected chi connectivity index (χ4v) is 6.74. The van der Waals surface area contributed by atoms with E-state index >= 15 is 0 Å². The highest BCUT2D eigenvalue weighted by molar-refractivity contribution is 7.89. The van der Waals surface area contributed by atoms with E-state index in [2.05, 4.69) is 50.7 Å². The first-order chi connectivity index (χ1) is 21.3. The van der Waals surface area contributed by atoms with Crippen molar-refractivity contribution in [3.8, 4) is 0 Å². The first kappa shape index (κ1) is 31.0. The van der Waals surface area contributed by atoms with Gasteiger partial charge in [-0.2, -0.15) is 0 Å². The maximum Gasteiger partial charge on any atom is 0.506 e. The van der Waals surface area contributed by atoms with Gasteiger partial charge in [-0.1, -0.05) is 115 Å². The van der Waals surface area contributed by atoms with Gasteiger partial charge < -0.3 is 14.4 Å². The van der Waals surface area contributed by atoms with Gasteiger partial charge in [0.25, 0.3) is 0 Å². The van der Waals surface area contributed by atoms with Gasteiger partial charge in [0, 0.05) is 17.8 Å². The van der Waals surface area contributed by atoms with E-state index in [4.69, 9.17) is 16.3 Å². The van der Waals surface area contributed by atoms with Crippen LogP contribution in [0.15, 0.2) is 128 Å². The van der Waals surface area contributed by atoms with E-state index in [1.165, 1.54) is 0 Å². The van der Waals surface area contributed by atoms with Crippen molar-refractivity contribution in [3.05, 3.63) is 161 Å². The van der Waals surface area contributed by atoms with Crippen molar-refractivity contribution in [3.63, 3.8) is 0 Å². The Morgan fingerprint density at radius 2 is 1.39 bits per heavy atom. The third kappa shape index (κ3) is 7.37. The zero-order chi connectivity index (χ0) is 31.0. The standard InChI is InChI=1S/C34H32ClN3O5S/c35-30-18-16-26(17-19-30)22-37-44(41,42)24-32(43-33(39)40)21-20-31-23-38(25-36-31)34(27-10-4-1-5-11-27,28-12-6-2-7-13-28)29-14-8-3-9-15-29/h1-19,23,25,32,37H,20-22,24H2,(H,39,40). The van der Waals surface area contributed by atoms with E-state index in [0.717, 1.165) is 22.3 Å². The highest BCUT2D eigenvalue weighted by atomic mass is 35.5. The summed E-state index contributed by atoms with van der Waals surface area (Å²) in [6.07, 6.45) is 1.48. The summed E-state index contributed by atoms with van der Waals surface area (Å²) >= 11 is 5.91. The summed E-state index contributed by atoms with van der Waals surface area (Å²) in [5, 5.41) is 9.88. The Bertz CT molecular complexity index is 1670. The SMILES string of the molecule is O=C(O)OC(CCc1cn(C(c2ccccc2)(c2ccccc2)c2ccccc2)cn1)CS(=O)(=O)NCc1ccc(Cl)cc1. The zero-order valence-electron chi connectivity index (χ0n) is 23.8. The summed E-state index contributed by atoms with van der Waals surface area (Å²) in [5.74, 6) is -0.518. The minimum atomic E-state index is -3.86. The third-order valence-electron chi connectivity index (χ3n) is 7.40. The van der Waals surface area contributed by atoms with Crippen LogP contribution in [-0.4, -0.2) is 41.1 Å². The molecule has 0 aliphatic carbocycles. The quantitative estimate of drug-likeness (QED) is 0.114. The molecule has 1 aromatic heterocycles. The van der Waals surface area contributed by atoms with Crippen LogP contribution in [0.2, 0.25) is 5.02 Å². The fourth-order valence-electron chi connectivity index (χ4n) is 5.39. The summed E-state index contributed by atoms with van der Waals surface area (Å²) in [6, 6.07) is 37.2. The first-order valence-electron chi connectivity index (χ1n) is 14.1. The summed E-state index contributed by atoms with van der Waals surface area (Å²) in [6.45, 7) is 0.0459. The molecule has 0 amide bonds. The molecule has 0 saturated carbocycles. The van der Waals surface area contributed by atoms with Crippen molar-refractivity contribution < 1.29 is 23.1 Å². The second-order valence-corrected chi connectivity index (χ2v) is 12.6. The summed E-state index contributed by atoms with van der Waals surface area (Å²) < 4.78 is 35.3. The Hall–Kier alpha value is -4.44.